The molecule has 5 heteroatoms. The van der Waals surface area contributed by atoms with Crippen LogP contribution in [0.2, 0.25) is 0 Å². The molecule has 1 unspecified atom stereocenters. The number of hydrogen-bond donors (Lipinski definition) is 2. The first kappa shape index (κ1) is 13.1. The van der Waals surface area contributed by atoms with Crippen molar-refractivity contribution in [1.82, 2.24) is 14.8 Å². The van der Waals surface area contributed by atoms with Crippen molar-refractivity contribution in [3.05, 3.63) is 11.6 Å². The minimum absolute atomic E-state index is 0.314. The zero-order valence-electron chi connectivity index (χ0n) is 10.4. The number of aliphatic hydroxyl groups is 1. The Morgan fingerprint density at radius 1 is 1.38 bits per heavy atom. The maximum absolute atomic E-state index is 9.72. The maximum Gasteiger partial charge on any atom is 0.147 e. The molecule has 0 amide bonds. The molecule has 0 aliphatic rings. The first-order valence-corrected chi connectivity index (χ1v) is 5.75. The van der Waals surface area contributed by atoms with E-state index in [1.165, 1.54) is 0 Å². The molecule has 3 N–H and O–H groups in total. The molecular weight excluding hydrogens is 204 g/mol. The van der Waals surface area contributed by atoms with Crippen LogP contribution in [-0.2, 0) is 6.54 Å². The van der Waals surface area contributed by atoms with Gasteiger partial charge in [-0.1, -0.05) is 0 Å². The van der Waals surface area contributed by atoms with Crippen LogP contribution in [0.25, 0.3) is 0 Å². The summed E-state index contributed by atoms with van der Waals surface area (Å²) >= 11 is 0. The highest BCUT2D eigenvalue weighted by molar-refractivity contribution is 4.87. The Hall–Kier alpha value is -0.940. The van der Waals surface area contributed by atoms with Crippen LogP contribution >= 0.6 is 0 Å². The van der Waals surface area contributed by atoms with Crippen molar-refractivity contribution >= 4 is 0 Å². The molecule has 5 nitrogen and oxygen atoms in total. The third-order valence-electron chi connectivity index (χ3n) is 2.74. The highest BCUT2D eigenvalue weighted by Gasteiger charge is 2.16. The second-order valence-corrected chi connectivity index (χ2v) is 4.59. The highest BCUT2D eigenvalue weighted by Crippen LogP contribution is 2.12. The average molecular weight is 226 g/mol. The molecule has 0 aromatic carbocycles. The van der Waals surface area contributed by atoms with Gasteiger partial charge in [-0.25, -0.2) is 4.98 Å². The van der Waals surface area contributed by atoms with Crippen LogP contribution in [0.3, 0.4) is 0 Å². The number of nitrogens with two attached hydrogens (primary N) is 1. The van der Waals surface area contributed by atoms with E-state index in [0.29, 0.717) is 6.54 Å². The first-order chi connectivity index (χ1) is 7.44. The van der Waals surface area contributed by atoms with Crippen LogP contribution in [0.5, 0.6) is 0 Å². The van der Waals surface area contributed by atoms with Crippen LogP contribution in [0.1, 0.15) is 37.8 Å². The number of rotatable bonds is 6. The van der Waals surface area contributed by atoms with Gasteiger partial charge in [-0.05, 0) is 40.0 Å². The van der Waals surface area contributed by atoms with Gasteiger partial charge in [0.2, 0.25) is 0 Å². The van der Waals surface area contributed by atoms with Gasteiger partial charge in [0.25, 0.3) is 0 Å². The fraction of sp³-hybridized carbons (Fsp3) is 0.818. The third-order valence-corrected chi connectivity index (χ3v) is 2.74. The Balaban J connectivity index is 2.29. The first-order valence-electron chi connectivity index (χ1n) is 5.75. The zero-order valence-corrected chi connectivity index (χ0v) is 10.4. The van der Waals surface area contributed by atoms with Crippen molar-refractivity contribution in [2.45, 2.75) is 52.2 Å². The number of aromatic nitrogens is 3. The van der Waals surface area contributed by atoms with Gasteiger partial charge < -0.3 is 10.8 Å². The van der Waals surface area contributed by atoms with Gasteiger partial charge in [0.1, 0.15) is 11.6 Å². The van der Waals surface area contributed by atoms with Crippen molar-refractivity contribution in [3.8, 4) is 0 Å². The Morgan fingerprint density at radius 2 is 2.06 bits per heavy atom. The lowest BCUT2D eigenvalue weighted by Crippen LogP contribution is -2.33. The summed E-state index contributed by atoms with van der Waals surface area (Å²) in [6.45, 7) is 6.79. The summed E-state index contributed by atoms with van der Waals surface area (Å²) in [7, 11) is 0. The highest BCUT2D eigenvalue weighted by atomic mass is 16.3. The molecule has 0 saturated heterocycles. The molecular formula is C11H22N4O. The Kier molecular flexibility index (Phi) is 4.44. The molecule has 1 rings (SSSR count). The van der Waals surface area contributed by atoms with Gasteiger partial charge in [-0.3, -0.25) is 4.68 Å². The molecule has 1 atom stereocenters. The molecule has 0 saturated carbocycles. The van der Waals surface area contributed by atoms with Gasteiger partial charge in [0.15, 0.2) is 0 Å². The van der Waals surface area contributed by atoms with E-state index in [4.69, 9.17) is 5.73 Å². The maximum atomic E-state index is 9.72. The Morgan fingerprint density at radius 3 is 2.56 bits per heavy atom. The number of unbranched alkanes of at least 4 members (excludes halogenated alkanes) is 1. The summed E-state index contributed by atoms with van der Waals surface area (Å²) < 4.78 is 1.91. The van der Waals surface area contributed by atoms with Gasteiger partial charge >= 0.3 is 0 Å². The van der Waals surface area contributed by atoms with E-state index in [2.05, 4.69) is 10.1 Å². The van der Waals surface area contributed by atoms with E-state index < -0.39 is 5.60 Å². The summed E-state index contributed by atoms with van der Waals surface area (Å²) in [4.78, 5) is 4.24. The van der Waals surface area contributed by atoms with E-state index in [1.54, 1.807) is 6.92 Å². The van der Waals surface area contributed by atoms with E-state index in [1.807, 2.05) is 18.5 Å². The fourth-order valence-corrected chi connectivity index (χ4v) is 1.64. The second-order valence-electron chi connectivity index (χ2n) is 4.59. The Bertz CT molecular complexity index is 333. The minimum Gasteiger partial charge on any atom is -0.389 e. The molecule has 0 spiro atoms. The summed E-state index contributed by atoms with van der Waals surface area (Å²) in [5.41, 5.74) is 4.72. The molecule has 0 radical (unpaired) electrons. The molecule has 1 aromatic heterocycles. The molecule has 1 aromatic rings. The second kappa shape index (κ2) is 5.41. The smallest absolute Gasteiger partial charge is 0.147 e. The SMILES string of the molecule is Cc1nc(C)n(CCCCC(C)(O)CN)n1. The van der Waals surface area contributed by atoms with E-state index in [9.17, 15) is 5.11 Å². The van der Waals surface area contributed by atoms with E-state index in [0.717, 1.165) is 37.5 Å². The lowest BCUT2D eigenvalue weighted by Gasteiger charge is -2.20. The van der Waals surface area contributed by atoms with Gasteiger partial charge in [-0.15, -0.1) is 0 Å². The topological polar surface area (TPSA) is 77.0 Å². The molecule has 16 heavy (non-hydrogen) atoms. The van der Waals surface area contributed by atoms with Crippen LogP contribution in [-0.4, -0.2) is 32.0 Å². The van der Waals surface area contributed by atoms with Crippen molar-refractivity contribution in [1.29, 1.82) is 0 Å². The summed E-state index contributed by atoms with van der Waals surface area (Å²) in [6, 6.07) is 0. The molecule has 92 valence electrons. The number of aryl methyl sites for hydroxylation is 3. The minimum atomic E-state index is -0.729. The average Bonchev–Trinajstić information content (AvgIpc) is 2.52. The molecule has 0 bridgehead atoms. The van der Waals surface area contributed by atoms with Crippen LogP contribution < -0.4 is 5.73 Å². The molecule has 0 aliphatic carbocycles. The normalized spacial score (nSPS) is 15.1. The van der Waals surface area contributed by atoms with E-state index in [-0.39, 0.29) is 0 Å². The Labute approximate surface area is 96.7 Å². The zero-order chi connectivity index (χ0) is 12.2. The summed E-state index contributed by atoms with van der Waals surface area (Å²) in [5, 5.41) is 14.0. The van der Waals surface area contributed by atoms with Gasteiger partial charge in [0.05, 0.1) is 5.60 Å². The van der Waals surface area contributed by atoms with Crippen LogP contribution in [0.15, 0.2) is 0 Å². The molecule has 0 fully saturated rings. The van der Waals surface area contributed by atoms with Crippen LogP contribution in [0, 0.1) is 13.8 Å². The van der Waals surface area contributed by atoms with E-state index >= 15 is 0 Å². The van der Waals surface area contributed by atoms with Crippen molar-refractivity contribution in [3.63, 3.8) is 0 Å². The number of nitrogens with zero attached hydrogens (tertiary/aromatic N) is 3. The predicted molar refractivity (Wildman–Crippen MR) is 63.0 cm³/mol. The lowest BCUT2D eigenvalue weighted by molar-refractivity contribution is 0.0569. The van der Waals surface area contributed by atoms with Crippen LogP contribution in [0.4, 0.5) is 0 Å². The largest absolute Gasteiger partial charge is 0.389 e. The third kappa shape index (κ3) is 3.90. The quantitative estimate of drug-likeness (QED) is 0.703. The fourth-order valence-electron chi connectivity index (χ4n) is 1.64. The summed E-state index contributed by atoms with van der Waals surface area (Å²) in [6.07, 6.45) is 2.67. The molecule has 1 heterocycles. The standard InChI is InChI=1S/C11H22N4O/c1-9-13-10(2)15(14-9)7-5-4-6-11(3,16)8-12/h16H,4-8,12H2,1-3H3. The van der Waals surface area contributed by atoms with Crippen molar-refractivity contribution < 1.29 is 5.11 Å². The summed E-state index contributed by atoms with van der Waals surface area (Å²) in [5.74, 6) is 1.76. The lowest BCUT2D eigenvalue weighted by atomic mass is 9.99. The molecule has 0 aliphatic heterocycles. The van der Waals surface area contributed by atoms with Gasteiger partial charge in [-0.2, -0.15) is 5.10 Å². The van der Waals surface area contributed by atoms with Crippen molar-refractivity contribution in [2.75, 3.05) is 6.54 Å². The number of hydrogen-bond acceptors (Lipinski definition) is 4. The predicted octanol–water partition coefficient (Wildman–Crippen LogP) is 0.775. The monoisotopic (exact) mass is 226 g/mol. The van der Waals surface area contributed by atoms with Gasteiger partial charge in [0, 0.05) is 13.1 Å². The van der Waals surface area contributed by atoms with Crippen molar-refractivity contribution in [2.24, 2.45) is 5.73 Å².